The fourth-order valence-electron chi connectivity index (χ4n) is 2.92. The smallest absolute Gasteiger partial charge is 0.333 e. The fourth-order valence-corrected chi connectivity index (χ4v) is 4.60. The van der Waals surface area contributed by atoms with Gasteiger partial charge in [-0.25, -0.2) is 4.98 Å². The van der Waals surface area contributed by atoms with E-state index in [4.69, 9.17) is 0 Å². The van der Waals surface area contributed by atoms with Gasteiger partial charge in [-0.1, -0.05) is 12.1 Å². The van der Waals surface area contributed by atoms with Gasteiger partial charge >= 0.3 is 6.18 Å². The second kappa shape index (κ2) is 6.51. The molecule has 1 amide bonds. The zero-order chi connectivity index (χ0) is 18.3. The summed E-state index contributed by atoms with van der Waals surface area (Å²) in [6, 6.07) is 7.03. The molecule has 0 saturated heterocycles. The molecule has 1 aliphatic rings. The molecule has 0 fully saturated rings. The van der Waals surface area contributed by atoms with Crippen molar-refractivity contribution < 1.29 is 18.0 Å². The lowest BCUT2D eigenvalue weighted by Gasteiger charge is -2.26. The van der Waals surface area contributed by atoms with E-state index in [2.05, 4.69) is 4.98 Å². The van der Waals surface area contributed by atoms with E-state index in [1.807, 2.05) is 11.4 Å². The van der Waals surface area contributed by atoms with Crippen LogP contribution in [0.3, 0.4) is 0 Å². The van der Waals surface area contributed by atoms with Crippen molar-refractivity contribution in [1.29, 1.82) is 0 Å². The van der Waals surface area contributed by atoms with Crippen LogP contribution in [0.1, 0.15) is 26.5 Å². The van der Waals surface area contributed by atoms with Gasteiger partial charge in [-0.2, -0.15) is 13.2 Å². The van der Waals surface area contributed by atoms with Crippen LogP contribution in [0, 0.1) is 0 Å². The Hall–Kier alpha value is -2.19. The molecule has 0 atom stereocenters. The number of fused-ring (bicyclic) bond motifs is 1. The third-order valence-electron chi connectivity index (χ3n) is 4.26. The van der Waals surface area contributed by atoms with Gasteiger partial charge in [0, 0.05) is 28.9 Å². The third kappa shape index (κ3) is 3.26. The first kappa shape index (κ1) is 17.2. The van der Waals surface area contributed by atoms with E-state index >= 15 is 0 Å². The van der Waals surface area contributed by atoms with Gasteiger partial charge in [0.05, 0.1) is 5.56 Å². The molecule has 3 aromatic rings. The van der Waals surface area contributed by atoms with Gasteiger partial charge in [0.2, 0.25) is 0 Å². The molecule has 0 bridgehead atoms. The van der Waals surface area contributed by atoms with Crippen molar-refractivity contribution in [3.05, 3.63) is 62.8 Å². The van der Waals surface area contributed by atoms with Crippen LogP contribution in [0.2, 0.25) is 0 Å². The number of thiophene rings is 1. The summed E-state index contributed by atoms with van der Waals surface area (Å²) in [5.74, 6) is -0.184. The average molecular weight is 394 g/mol. The highest BCUT2D eigenvalue weighted by Crippen LogP contribution is 2.33. The van der Waals surface area contributed by atoms with Crippen molar-refractivity contribution in [2.24, 2.45) is 0 Å². The van der Waals surface area contributed by atoms with Gasteiger partial charge < -0.3 is 4.90 Å². The lowest BCUT2D eigenvalue weighted by Crippen LogP contribution is -2.35. The first-order valence-electron chi connectivity index (χ1n) is 7.89. The summed E-state index contributed by atoms with van der Waals surface area (Å²) in [5, 5.41) is 4.04. The van der Waals surface area contributed by atoms with E-state index in [1.54, 1.807) is 27.7 Å². The monoisotopic (exact) mass is 394 g/mol. The largest absolute Gasteiger partial charge is 0.416 e. The van der Waals surface area contributed by atoms with Gasteiger partial charge in [0.25, 0.3) is 5.91 Å². The first-order valence-corrected chi connectivity index (χ1v) is 9.65. The van der Waals surface area contributed by atoms with Crippen LogP contribution in [0.4, 0.5) is 13.2 Å². The molecule has 0 saturated carbocycles. The molecule has 134 valence electrons. The van der Waals surface area contributed by atoms with Crippen LogP contribution in [0.5, 0.6) is 0 Å². The number of benzene rings is 1. The number of rotatable bonds is 2. The minimum Gasteiger partial charge on any atom is -0.333 e. The van der Waals surface area contributed by atoms with E-state index in [1.165, 1.54) is 22.3 Å². The number of hydrogen-bond donors (Lipinski definition) is 0. The van der Waals surface area contributed by atoms with Crippen LogP contribution in [-0.4, -0.2) is 22.3 Å². The Morgan fingerprint density at radius 1 is 1.19 bits per heavy atom. The molecular formula is C18H13F3N2OS2. The summed E-state index contributed by atoms with van der Waals surface area (Å²) < 4.78 is 38.6. The van der Waals surface area contributed by atoms with Crippen molar-refractivity contribution in [1.82, 2.24) is 9.88 Å². The Morgan fingerprint density at radius 2 is 2.04 bits per heavy atom. The minimum absolute atomic E-state index is 0.184. The molecule has 3 nitrogen and oxygen atoms in total. The number of carbonyl (C=O) groups is 1. The highest BCUT2D eigenvalue weighted by atomic mass is 32.1. The van der Waals surface area contributed by atoms with Gasteiger partial charge in [-0.05, 0) is 35.6 Å². The van der Waals surface area contributed by atoms with Crippen LogP contribution in [-0.2, 0) is 19.1 Å². The van der Waals surface area contributed by atoms with Gasteiger partial charge in [-0.15, -0.1) is 22.7 Å². The summed E-state index contributed by atoms with van der Waals surface area (Å²) >= 11 is 2.87. The quantitative estimate of drug-likeness (QED) is 0.607. The molecule has 3 heterocycles. The van der Waals surface area contributed by atoms with Gasteiger partial charge in [0.15, 0.2) is 0 Å². The molecule has 0 N–H and O–H groups in total. The molecular weight excluding hydrogens is 381 g/mol. The SMILES string of the molecule is O=C(c1csc(-c2cccc(C(F)(F)F)c2)n1)N1CCc2sccc2C1. The second-order valence-electron chi connectivity index (χ2n) is 5.96. The molecule has 1 aliphatic heterocycles. The van der Waals surface area contributed by atoms with E-state index in [-0.39, 0.29) is 11.6 Å². The molecule has 0 aliphatic carbocycles. The number of nitrogens with zero attached hydrogens (tertiary/aromatic N) is 2. The topological polar surface area (TPSA) is 33.2 Å². The molecule has 4 rings (SSSR count). The molecule has 8 heteroatoms. The summed E-state index contributed by atoms with van der Waals surface area (Å²) in [7, 11) is 0. The Morgan fingerprint density at radius 3 is 2.85 bits per heavy atom. The second-order valence-corrected chi connectivity index (χ2v) is 7.82. The van der Waals surface area contributed by atoms with Crippen molar-refractivity contribution >= 4 is 28.6 Å². The predicted molar refractivity (Wildman–Crippen MR) is 95.3 cm³/mol. The van der Waals surface area contributed by atoms with Crippen LogP contribution in [0.25, 0.3) is 10.6 Å². The zero-order valence-electron chi connectivity index (χ0n) is 13.4. The van der Waals surface area contributed by atoms with Crippen molar-refractivity contribution in [3.8, 4) is 10.6 Å². The summed E-state index contributed by atoms with van der Waals surface area (Å²) in [6.07, 6.45) is -3.58. The summed E-state index contributed by atoms with van der Waals surface area (Å²) in [6.45, 7) is 1.18. The van der Waals surface area contributed by atoms with Crippen molar-refractivity contribution in [3.63, 3.8) is 0 Å². The van der Waals surface area contributed by atoms with E-state index in [9.17, 15) is 18.0 Å². The Balaban J connectivity index is 1.56. The number of aromatic nitrogens is 1. The third-order valence-corrected chi connectivity index (χ3v) is 6.17. The number of alkyl halides is 3. The molecule has 26 heavy (non-hydrogen) atoms. The van der Waals surface area contributed by atoms with E-state index in [0.717, 1.165) is 24.1 Å². The highest BCUT2D eigenvalue weighted by molar-refractivity contribution is 7.13. The Kier molecular flexibility index (Phi) is 4.32. The standard InChI is InChI=1S/C18H13F3N2OS2/c19-18(20,21)13-3-1-2-11(8-13)16-22-14(10-26-16)17(24)23-6-4-15-12(9-23)5-7-25-15/h1-3,5,7-8,10H,4,6,9H2. The maximum Gasteiger partial charge on any atom is 0.416 e. The van der Waals surface area contributed by atoms with Crippen LogP contribution >= 0.6 is 22.7 Å². The lowest BCUT2D eigenvalue weighted by molar-refractivity contribution is -0.137. The maximum absolute atomic E-state index is 12.9. The first-order chi connectivity index (χ1) is 12.4. The number of amides is 1. The molecule has 0 unspecified atom stereocenters. The number of carbonyl (C=O) groups excluding carboxylic acids is 1. The normalized spacial score (nSPS) is 14.3. The molecule has 0 radical (unpaired) electrons. The average Bonchev–Trinajstić information content (AvgIpc) is 3.29. The number of hydrogen-bond acceptors (Lipinski definition) is 4. The molecule has 1 aromatic carbocycles. The molecule has 0 spiro atoms. The lowest BCUT2D eigenvalue weighted by atomic mass is 10.1. The van der Waals surface area contributed by atoms with Gasteiger partial charge in [0.1, 0.15) is 10.7 Å². The van der Waals surface area contributed by atoms with Crippen LogP contribution in [0.15, 0.2) is 41.1 Å². The van der Waals surface area contributed by atoms with E-state index < -0.39 is 11.7 Å². The highest BCUT2D eigenvalue weighted by Gasteiger charge is 2.31. The Bertz CT molecular complexity index is 961. The van der Waals surface area contributed by atoms with E-state index in [0.29, 0.717) is 23.7 Å². The number of thiazole rings is 1. The van der Waals surface area contributed by atoms with Crippen LogP contribution < -0.4 is 0 Å². The summed E-state index contributed by atoms with van der Waals surface area (Å²) in [4.78, 5) is 20.0. The fraction of sp³-hybridized carbons (Fsp3) is 0.222. The zero-order valence-corrected chi connectivity index (χ0v) is 15.0. The number of halogens is 3. The Labute approximate surface area is 155 Å². The maximum atomic E-state index is 12.9. The summed E-state index contributed by atoms with van der Waals surface area (Å²) in [5.41, 5.74) is 1.07. The van der Waals surface area contributed by atoms with Gasteiger partial charge in [-0.3, -0.25) is 4.79 Å². The molecule has 2 aromatic heterocycles. The van der Waals surface area contributed by atoms with Crippen molar-refractivity contribution in [2.75, 3.05) is 6.54 Å². The minimum atomic E-state index is -4.40. The predicted octanol–water partition coefficient (Wildman–Crippen LogP) is 5.09. The van der Waals surface area contributed by atoms with Crippen molar-refractivity contribution in [2.45, 2.75) is 19.1 Å².